The third-order valence-electron chi connectivity index (χ3n) is 4.80. The van der Waals surface area contributed by atoms with Crippen molar-refractivity contribution < 1.29 is 13.9 Å². The molecule has 0 saturated carbocycles. The molecule has 4 rings (SSSR count). The Morgan fingerprint density at radius 1 is 1.14 bits per heavy atom. The molecule has 0 unspecified atom stereocenters. The summed E-state index contributed by atoms with van der Waals surface area (Å²) in [5.74, 6) is 1.11. The normalized spacial score (nSPS) is 19.1. The van der Waals surface area contributed by atoms with Crippen molar-refractivity contribution in [3.63, 3.8) is 0 Å². The first-order chi connectivity index (χ1) is 13.7. The second-order valence-electron chi connectivity index (χ2n) is 6.61. The highest BCUT2D eigenvalue weighted by Crippen LogP contribution is 2.40. The number of hydrogen-bond acceptors (Lipinski definition) is 4. The number of aliphatic hydroxyl groups is 1. The number of benzene rings is 1. The molecule has 2 N–H and O–H groups in total. The number of halogens is 1. The number of furan rings is 1. The lowest BCUT2D eigenvalue weighted by molar-refractivity contribution is 0.233. The molecule has 0 bridgehead atoms. The van der Waals surface area contributed by atoms with Crippen LogP contribution in [-0.2, 0) is 0 Å². The Hall–Kier alpha value is -2.77. The van der Waals surface area contributed by atoms with Crippen LogP contribution in [0.15, 0.2) is 65.2 Å². The molecular formula is C21H20FN3O2S. The summed E-state index contributed by atoms with van der Waals surface area (Å²) in [6.45, 7) is 0.683. The number of rotatable bonds is 6. The fraction of sp³-hybridized carbons (Fsp3) is 0.238. The largest absolute Gasteiger partial charge is 0.459 e. The molecule has 3 aromatic rings. The quantitative estimate of drug-likeness (QED) is 0.617. The van der Waals surface area contributed by atoms with Crippen molar-refractivity contribution in [2.45, 2.75) is 18.5 Å². The SMILES string of the molecule is OCCCN1C(=S)N[C@H](c2ccccn2)[C@H]1c1ccc(-c2ccc(F)cc2)o1. The molecule has 144 valence electrons. The van der Waals surface area contributed by atoms with Crippen molar-refractivity contribution in [2.24, 2.45) is 0 Å². The monoisotopic (exact) mass is 397 g/mol. The first kappa shape index (κ1) is 18.6. The number of nitrogens with zero attached hydrogens (tertiary/aromatic N) is 2. The number of hydrogen-bond donors (Lipinski definition) is 2. The number of aromatic nitrogens is 1. The van der Waals surface area contributed by atoms with Gasteiger partial charge in [0, 0.05) is 24.9 Å². The molecule has 5 nitrogen and oxygen atoms in total. The van der Waals surface area contributed by atoms with Crippen LogP contribution in [-0.4, -0.2) is 33.3 Å². The number of thiocarbonyl (C=S) groups is 1. The Morgan fingerprint density at radius 2 is 1.96 bits per heavy atom. The van der Waals surface area contributed by atoms with E-state index in [0.717, 1.165) is 17.0 Å². The van der Waals surface area contributed by atoms with Crippen molar-refractivity contribution in [2.75, 3.05) is 13.2 Å². The highest BCUT2D eigenvalue weighted by Gasteiger charge is 2.41. The van der Waals surface area contributed by atoms with Crippen LogP contribution in [0.4, 0.5) is 4.39 Å². The van der Waals surface area contributed by atoms with E-state index in [2.05, 4.69) is 10.3 Å². The van der Waals surface area contributed by atoms with Crippen molar-refractivity contribution in [1.29, 1.82) is 0 Å². The number of nitrogens with one attached hydrogen (secondary N) is 1. The summed E-state index contributed by atoms with van der Waals surface area (Å²) in [4.78, 5) is 6.50. The average molecular weight is 397 g/mol. The van der Waals surface area contributed by atoms with Crippen LogP contribution >= 0.6 is 12.2 Å². The minimum Gasteiger partial charge on any atom is -0.459 e. The van der Waals surface area contributed by atoms with Crippen molar-refractivity contribution in [1.82, 2.24) is 15.2 Å². The average Bonchev–Trinajstić information content (AvgIpc) is 3.32. The van der Waals surface area contributed by atoms with Gasteiger partial charge in [0.25, 0.3) is 0 Å². The maximum atomic E-state index is 13.2. The molecule has 2 aromatic heterocycles. The van der Waals surface area contributed by atoms with E-state index in [1.165, 1.54) is 12.1 Å². The van der Waals surface area contributed by atoms with E-state index >= 15 is 0 Å². The Kier molecular flexibility index (Phi) is 5.36. The Labute approximate surface area is 167 Å². The highest BCUT2D eigenvalue weighted by molar-refractivity contribution is 7.80. The standard InChI is InChI=1S/C21H20FN3O2S/c22-15-7-5-14(6-8-15)17-9-10-18(27-17)20-19(16-4-1-2-11-23-16)24-21(28)25(20)12-3-13-26/h1-2,4-11,19-20,26H,3,12-13H2,(H,24,28)/t19-,20-/m1/s1. The molecule has 3 heterocycles. The summed E-state index contributed by atoms with van der Waals surface area (Å²) in [7, 11) is 0. The zero-order valence-corrected chi connectivity index (χ0v) is 15.9. The third-order valence-corrected chi connectivity index (χ3v) is 5.15. The molecule has 1 aromatic carbocycles. The fourth-order valence-electron chi connectivity index (χ4n) is 3.48. The second-order valence-corrected chi connectivity index (χ2v) is 6.99. The van der Waals surface area contributed by atoms with Crippen molar-refractivity contribution in [3.8, 4) is 11.3 Å². The lowest BCUT2D eigenvalue weighted by Gasteiger charge is -2.25. The lowest BCUT2D eigenvalue weighted by atomic mass is 10.0. The first-order valence-electron chi connectivity index (χ1n) is 9.12. The molecule has 7 heteroatoms. The van der Waals surface area contributed by atoms with Gasteiger partial charge in [0.1, 0.15) is 23.4 Å². The van der Waals surface area contributed by atoms with Gasteiger partial charge in [-0.25, -0.2) is 4.39 Å². The topological polar surface area (TPSA) is 61.5 Å². The van der Waals surface area contributed by atoms with Crippen LogP contribution < -0.4 is 5.32 Å². The zero-order chi connectivity index (χ0) is 19.5. The molecule has 1 aliphatic rings. The number of pyridine rings is 1. The van der Waals surface area contributed by atoms with Crippen LogP contribution in [0.5, 0.6) is 0 Å². The molecule has 0 spiro atoms. The molecule has 28 heavy (non-hydrogen) atoms. The molecule has 1 aliphatic heterocycles. The van der Waals surface area contributed by atoms with E-state index in [9.17, 15) is 9.50 Å². The molecular weight excluding hydrogens is 377 g/mol. The van der Waals surface area contributed by atoms with Crippen LogP contribution in [0, 0.1) is 5.82 Å². The summed E-state index contributed by atoms with van der Waals surface area (Å²) in [5.41, 5.74) is 1.67. The van der Waals surface area contributed by atoms with Gasteiger partial charge in [-0.3, -0.25) is 4.98 Å². The summed E-state index contributed by atoms with van der Waals surface area (Å²) >= 11 is 5.54. The van der Waals surface area contributed by atoms with Crippen LogP contribution in [0.3, 0.4) is 0 Å². The summed E-state index contributed by atoms with van der Waals surface area (Å²) in [5, 5.41) is 13.2. The van der Waals surface area contributed by atoms with Crippen LogP contribution in [0.1, 0.15) is 30.0 Å². The van der Waals surface area contributed by atoms with Gasteiger partial charge in [-0.2, -0.15) is 0 Å². The van der Waals surface area contributed by atoms with Gasteiger partial charge in [0.05, 0.1) is 11.7 Å². The summed E-state index contributed by atoms with van der Waals surface area (Å²) < 4.78 is 19.4. The molecule has 0 radical (unpaired) electrons. The van der Waals surface area contributed by atoms with Crippen LogP contribution in [0.2, 0.25) is 0 Å². The zero-order valence-electron chi connectivity index (χ0n) is 15.1. The van der Waals surface area contributed by atoms with E-state index < -0.39 is 0 Å². The van der Waals surface area contributed by atoms with E-state index in [1.807, 2.05) is 35.2 Å². The molecule has 0 amide bonds. The summed E-state index contributed by atoms with van der Waals surface area (Å²) in [6, 6.07) is 15.4. The molecule has 0 aliphatic carbocycles. The van der Waals surface area contributed by atoms with Crippen LogP contribution in [0.25, 0.3) is 11.3 Å². The Morgan fingerprint density at radius 3 is 2.68 bits per heavy atom. The predicted molar refractivity (Wildman–Crippen MR) is 108 cm³/mol. The minimum atomic E-state index is -0.286. The Bertz CT molecular complexity index is 946. The van der Waals surface area contributed by atoms with Gasteiger partial charge >= 0.3 is 0 Å². The maximum Gasteiger partial charge on any atom is 0.170 e. The third kappa shape index (κ3) is 3.63. The Balaban J connectivity index is 1.70. The van der Waals surface area contributed by atoms with E-state index in [1.54, 1.807) is 18.3 Å². The highest BCUT2D eigenvalue weighted by atomic mass is 32.1. The van der Waals surface area contributed by atoms with Gasteiger partial charge < -0.3 is 19.7 Å². The fourth-order valence-corrected chi connectivity index (χ4v) is 3.81. The van der Waals surface area contributed by atoms with Crippen molar-refractivity contribution in [3.05, 3.63) is 78.1 Å². The predicted octanol–water partition coefficient (Wildman–Crippen LogP) is 3.84. The van der Waals surface area contributed by atoms with E-state index in [-0.39, 0.29) is 24.5 Å². The smallest absolute Gasteiger partial charge is 0.170 e. The van der Waals surface area contributed by atoms with E-state index in [0.29, 0.717) is 23.8 Å². The minimum absolute atomic E-state index is 0.0824. The first-order valence-corrected chi connectivity index (χ1v) is 9.53. The van der Waals surface area contributed by atoms with Gasteiger partial charge in [-0.05, 0) is 67.2 Å². The lowest BCUT2D eigenvalue weighted by Crippen LogP contribution is -2.30. The molecule has 2 atom stereocenters. The molecule has 1 saturated heterocycles. The maximum absolute atomic E-state index is 13.2. The van der Waals surface area contributed by atoms with Crippen molar-refractivity contribution >= 4 is 17.3 Å². The number of aliphatic hydroxyl groups excluding tert-OH is 1. The van der Waals surface area contributed by atoms with Gasteiger partial charge in [0.15, 0.2) is 5.11 Å². The van der Waals surface area contributed by atoms with Gasteiger partial charge in [-0.1, -0.05) is 6.07 Å². The summed E-state index contributed by atoms with van der Waals surface area (Å²) in [6.07, 6.45) is 2.35. The van der Waals surface area contributed by atoms with E-state index in [4.69, 9.17) is 16.6 Å². The molecule has 1 fully saturated rings. The van der Waals surface area contributed by atoms with Gasteiger partial charge in [0.2, 0.25) is 0 Å². The van der Waals surface area contributed by atoms with Gasteiger partial charge in [-0.15, -0.1) is 0 Å². The second kappa shape index (κ2) is 8.08.